The summed E-state index contributed by atoms with van der Waals surface area (Å²) in [5.41, 5.74) is 0.563. The summed E-state index contributed by atoms with van der Waals surface area (Å²) in [6.45, 7) is 3.43. The van der Waals surface area contributed by atoms with Crippen molar-refractivity contribution in [3.8, 4) is 6.07 Å². The third-order valence-electron chi connectivity index (χ3n) is 3.59. The van der Waals surface area contributed by atoms with E-state index < -0.39 is 11.3 Å². The molecular weight excluding hydrogens is 304 g/mol. The number of amides is 2. The molecule has 0 unspecified atom stereocenters. The Kier molecular flexibility index (Phi) is 5.27. The van der Waals surface area contributed by atoms with E-state index in [4.69, 9.17) is 5.26 Å². The van der Waals surface area contributed by atoms with Crippen molar-refractivity contribution in [2.24, 2.45) is 5.41 Å². The van der Waals surface area contributed by atoms with E-state index in [1.54, 1.807) is 62.6 Å². The fourth-order valence-corrected chi connectivity index (χ4v) is 1.96. The van der Waals surface area contributed by atoms with Gasteiger partial charge in [0, 0.05) is 24.6 Å². The third-order valence-corrected chi connectivity index (χ3v) is 3.59. The van der Waals surface area contributed by atoms with Crippen molar-refractivity contribution in [1.82, 2.24) is 10.3 Å². The monoisotopic (exact) mass is 322 g/mol. The molecule has 122 valence electrons. The molecule has 1 aromatic heterocycles. The molecule has 2 N–H and O–H groups in total. The molecule has 2 rings (SSSR count). The van der Waals surface area contributed by atoms with Gasteiger partial charge in [0.1, 0.15) is 5.41 Å². The van der Waals surface area contributed by atoms with Crippen molar-refractivity contribution in [2.45, 2.75) is 20.4 Å². The van der Waals surface area contributed by atoms with Gasteiger partial charge in [-0.3, -0.25) is 14.6 Å². The van der Waals surface area contributed by atoms with Crippen LogP contribution in [0.2, 0.25) is 0 Å². The van der Waals surface area contributed by atoms with Gasteiger partial charge in [0.15, 0.2) is 0 Å². The average molecular weight is 322 g/mol. The number of nitrogens with zero attached hydrogens (tertiary/aromatic N) is 2. The molecule has 6 nitrogen and oxygen atoms in total. The van der Waals surface area contributed by atoms with Crippen molar-refractivity contribution >= 4 is 17.5 Å². The first-order chi connectivity index (χ1) is 11.4. The van der Waals surface area contributed by atoms with Gasteiger partial charge in [-0.1, -0.05) is 6.07 Å². The Balaban J connectivity index is 2.01. The fraction of sp³-hybridized carbons (Fsp3) is 0.222. The maximum Gasteiger partial charge on any atom is 0.239 e. The Morgan fingerprint density at radius 2 is 1.88 bits per heavy atom. The predicted octanol–water partition coefficient (Wildman–Crippen LogP) is 2.23. The van der Waals surface area contributed by atoms with Crippen molar-refractivity contribution in [3.63, 3.8) is 0 Å². The van der Waals surface area contributed by atoms with Gasteiger partial charge in [-0.2, -0.15) is 5.26 Å². The van der Waals surface area contributed by atoms with Gasteiger partial charge >= 0.3 is 0 Å². The van der Waals surface area contributed by atoms with Crippen LogP contribution in [0.3, 0.4) is 0 Å². The van der Waals surface area contributed by atoms with Gasteiger partial charge in [0.2, 0.25) is 11.8 Å². The maximum atomic E-state index is 12.4. The quantitative estimate of drug-likeness (QED) is 0.825. The first kappa shape index (κ1) is 17.2. The van der Waals surface area contributed by atoms with Crippen LogP contribution in [0.15, 0.2) is 48.8 Å². The third kappa shape index (κ3) is 4.17. The highest BCUT2D eigenvalue weighted by molar-refractivity contribution is 6.09. The molecule has 1 aromatic carbocycles. The van der Waals surface area contributed by atoms with Crippen LogP contribution in [0, 0.1) is 16.7 Å². The molecule has 0 fully saturated rings. The molecule has 0 bridgehead atoms. The molecule has 0 radical (unpaired) electrons. The highest BCUT2D eigenvalue weighted by atomic mass is 16.2. The largest absolute Gasteiger partial charge is 0.351 e. The summed E-state index contributed by atoms with van der Waals surface area (Å²) in [5.74, 6) is -0.821. The molecule has 0 aliphatic rings. The summed E-state index contributed by atoms with van der Waals surface area (Å²) >= 11 is 0. The number of rotatable bonds is 5. The Hall–Kier alpha value is -3.20. The lowest BCUT2D eigenvalue weighted by Gasteiger charge is -2.22. The van der Waals surface area contributed by atoms with E-state index in [9.17, 15) is 9.59 Å². The van der Waals surface area contributed by atoms with E-state index in [1.807, 2.05) is 6.07 Å². The first-order valence-electron chi connectivity index (χ1n) is 7.42. The van der Waals surface area contributed by atoms with Crippen LogP contribution in [0.5, 0.6) is 0 Å². The molecule has 0 spiro atoms. The SMILES string of the molecule is CC(C)(C(=O)NCc1ccncc1)C(=O)Nc1cccc(C#N)c1. The van der Waals surface area contributed by atoms with Gasteiger partial charge in [-0.25, -0.2) is 0 Å². The zero-order chi connectivity index (χ0) is 17.6. The molecule has 6 heteroatoms. The Morgan fingerprint density at radius 3 is 2.54 bits per heavy atom. The van der Waals surface area contributed by atoms with Crippen LogP contribution in [-0.2, 0) is 16.1 Å². The zero-order valence-electron chi connectivity index (χ0n) is 13.5. The summed E-state index contributed by atoms with van der Waals surface area (Å²) in [6, 6.07) is 12.1. The Labute approximate surface area is 140 Å². The van der Waals surface area contributed by atoms with E-state index in [1.165, 1.54) is 0 Å². The molecule has 2 amide bonds. The van der Waals surface area contributed by atoms with Crippen LogP contribution in [0.4, 0.5) is 5.69 Å². The summed E-state index contributed by atoms with van der Waals surface area (Å²) in [7, 11) is 0. The number of nitriles is 1. The number of benzene rings is 1. The standard InChI is InChI=1S/C18H18N4O2/c1-18(2,16(23)21-12-13-6-8-20-9-7-13)17(24)22-15-5-3-4-14(10-15)11-19/h3-10H,12H2,1-2H3,(H,21,23)(H,22,24). The van der Waals surface area contributed by atoms with Crippen LogP contribution in [0.25, 0.3) is 0 Å². The number of anilines is 1. The van der Waals surface area contributed by atoms with Gasteiger partial charge in [0.05, 0.1) is 11.6 Å². The molecule has 1 heterocycles. The van der Waals surface area contributed by atoms with E-state index in [-0.39, 0.29) is 5.91 Å². The minimum absolute atomic E-state index is 0.321. The minimum Gasteiger partial charge on any atom is -0.351 e. The predicted molar refractivity (Wildman–Crippen MR) is 89.7 cm³/mol. The van der Waals surface area contributed by atoms with Gasteiger partial charge in [-0.05, 0) is 49.7 Å². The molecule has 0 saturated carbocycles. The van der Waals surface area contributed by atoms with Crippen LogP contribution in [0.1, 0.15) is 25.0 Å². The Bertz CT molecular complexity index is 779. The number of pyridine rings is 1. The number of carbonyl (C=O) groups is 2. The molecular formula is C18H18N4O2. The lowest BCUT2D eigenvalue weighted by Crippen LogP contribution is -2.44. The molecule has 0 atom stereocenters. The molecule has 2 aromatic rings. The second kappa shape index (κ2) is 7.38. The summed E-state index contributed by atoms with van der Waals surface area (Å²) in [4.78, 5) is 28.7. The van der Waals surface area contributed by atoms with Crippen LogP contribution >= 0.6 is 0 Å². The molecule has 0 saturated heterocycles. The van der Waals surface area contributed by atoms with Crippen molar-refractivity contribution in [2.75, 3.05) is 5.32 Å². The first-order valence-corrected chi connectivity index (χ1v) is 7.42. The molecule has 0 aliphatic heterocycles. The van der Waals surface area contributed by atoms with E-state index >= 15 is 0 Å². The summed E-state index contributed by atoms with van der Waals surface area (Å²) in [5, 5.41) is 14.3. The summed E-state index contributed by atoms with van der Waals surface area (Å²) < 4.78 is 0. The number of hydrogen-bond acceptors (Lipinski definition) is 4. The minimum atomic E-state index is -1.25. The second-order valence-electron chi connectivity index (χ2n) is 5.81. The molecule has 0 aliphatic carbocycles. The topological polar surface area (TPSA) is 94.9 Å². The summed E-state index contributed by atoms with van der Waals surface area (Å²) in [6.07, 6.45) is 3.28. The Morgan fingerprint density at radius 1 is 1.17 bits per heavy atom. The van der Waals surface area contributed by atoms with Crippen LogP contribution in [-0.4, -0.2) is 16.8 Å². The fourth-order valence-electron chi connectivity index (χ4n) is 1.96. The maximum absolute atomic E-state index is 12.4. The van der Waals surface area contributed by atoms with Crippen LogP contribution < -0.4 is 10.6 Å². The van der Waals surface area contributed by atoms with Crippen molar-refractivity contribution in [1.29, 1.82) is 5.26 Å². The van der Waals surface area contributed by atoms with Crippen molar-refractivity contribution < 1.29 is 9.59 Å². The average Bonchev–Trinajstić information content (AvgIpc) is 2.60. The molecule has 24 heavy (non-hydrogen) atoms. The number of carbonyl (C=O) groups excluding carboxylic acids is 2. The van der Waals surface area contributed by atoms with Crippen molar-refractivity contribution in [3.05, 3.63) is 59.9 Å². The second-order valence-corrected chi connectivity index (χ2v) is 5.81. The van der Waals surface area contributed by atoms with Gasteiger partial charge in [0.25, 0.3) is 0 Å². The number of hydrogen-bond donors (Lipinski definition) is 2. The number of nitrogens with one attached hydrogen (secondary N) is 2. The van der Waals surface area contributed by atoms with Gasteiger partial charge < -0.3 is 10.6 Å². The van der Waals surface area contributed by atoms with E-state index in [0.29, 0.717) is 17.8 Å². The number of aromatic nitrogens is 1. The van der Waals surface area contributed by atoms with E-state index in [0.717, 1.165) is 5.56 Å². The smallest absolute Gasteiger partial charge is 0.239 e. The van der Waals surface area contributed by atoms with Gasteiger partial charge in [-0.15, -0.1) is 0 Å². The highest BCUT2D eigenvalue weighted by Crippen LogP contribution is 2.20. The lowest BCUT2D eigenvalue weighted by atomic mass is 9.90. The van der Waals surface area contributed by atoms with E-state index in [2.05, 4.69) is 15.6 Å². The normalized spacial score (nSPS) is 10.5. The zero-order valence-corrected chi connectivity index (χ0v) is 13.5. The lowest BCUT2D eigenvalue weighted by molar-refractivity contribution is -0.138. The highest BCUT2D eigenvalue weighted by Gasteiger charge is 2.35.